The van der Waals surface area contributed by atoms with Crippen molar-refractivity contribution < 1.29 is 14.3 Å². The van der Waals surface area contributed by atoms with Crippen LogP contribution in [0.4, 0.5) is 10.5 Å². The molecule has 2 fully saturated rings. The fraction of sp³-hybridized carbons (Fsp3) is 0.520. The summed E-state index contributed by atoms with van der Waals surface area (Å²) in [5.41, 5.74) is 1.63. The third-order valence-electron chi connectivity index (χ3n) is 6.55. The van der Waals surface area contributed by atoms with Gasteiger partial charge in [-0.2, -0.15) is 5.10 Å². The molecular weight excluding hydrogens is 434 g/mol. The molecule has 0 radical (unpaired) electrons. The SMILES string of the molecule is CCOC(=O)N1CCC(NC(=O)[C@H]2CCCN(c3cnn(Cc4ccccc4)c(=O)c3)C2)CC1. The number of aromatic nitrogens is 2. The van der Waals surface area contributed by atoms with E-state index >= 15 is 0 Å². The summed E-state index contributed by atoms with van der Waals surface area (Å²) in [5.74, 6) is -0.0896. The van der Waals surface area contributed by atoms with Crippen molar-refractivity contribution in [1.29, 1.82) is 0 Å². The van der Waals surface area contributed by atoms with E-state index in [0.29, 0.717) is 32.8 Å². The maximum atomic E-state index is 13.0. The Morgan fingerprint density at radius 3 is 2.59 bits per heavy atom. The van der Waals surface area contributed by atoms with Crippen molar-refractivity contribution in [3.8, 4) is 0 Å². The van der Waals surface area contributed by atoms with E-state index in [1.807, 2.05) is 30.3 Å². The van der Waals surface area contributed by atoms with Crippen LogP contribution in [0.5, 0.6) is 0 Å². The summed E-state index contributed by atoms with van der Waals surface area (Å²) in [6, 6.07) is 11.4. The molecule has 1 aromatic carbocycles. The molecule has 0 bridgehead atoms. The van der Waals surface area contributed by atoms with Gasteiger partial charge in [0.2, 0.25) is 5.91 Å². The molecule has 4 rings (SSSR count). The van der Waals surface area contributed by atoms with Crippen LogP contribution in [0.25, 0.3) is 0 Å². The second kappa shape index (κ2) is 11.2. The molecule has 2 aromatic rings. The Labute approximate surface area is 199 Å². The van der Waals surface area contributed by atoms with Gasteiger partial charge < -0.3 is 19.9 Å². The predicted molar refractivity (Wildman–Crippen MR) is 129 cm³/mol. The van der Waals surface area contributed by atoms with E-state index in [2.05, 4.69) is 15.3 Å². The number of carbonyl (C=O) groups is 2. The van der Waals surface area contributed by atoms with E-state index in [1.54, 1.807) is 24.1 Å². The zero-order chi connectivity index (χ0) is 23.9. The lowest BCUT2D eigenvalue weighted by Gasteiger charge is -2.35. The van der Waals surface area contributed by atoms with Gasteiger partial charge in [-0.1, -0.05) is 30.3 Å². The molecule has 182 valence electrons. The molecule has 1 atom stereocenters. The van der Waals surface area contributed by atoms with Gasteiger partial charge in [-0.15, -0.1) is 0 Å². The van der Waals surface area contributed by atoms with E-state index in [4.69, 9.17) is 4.74 Å². The van der Waals surface area contributed by atoms with Crippen LogP contribution in [-0.2, 0) is 16.1 Å². The number of nitrogens with one attached hydrogen (secondary N) is 1. The average Bonchev–Trinajstić information content (AvgIpc) is 2.86. The molecule has 2 aliphatic rings. The molecular formula is C25H33N5O4. The number of benzene rings is 1. The fourth-order valence-electron chi connectivity index (χ4n) is 4.64. The van der Waals surface area contributed by atoms with Crippen LogP contribution in [-0.4, -0.2) is 65.5 Å². The van der Waals surface area contributed by atoms with E-state index in [1.165, 1.54) is 4.68 Å². The Morgan fingerprint density at radius 2 is 1.88 bits per heavy atom. The first-order valence-corrected chi connectivity index (χ1v) is 12.1. The Balaban J connectivity index is 1.31. The zero-order valence-electron chi connectivity index (χ0n) is 19.7. The van der Waals surface area contributed by atoms with Crippen LogP contribution < -0.4 is 15.8 Å². The standard InChI is InChI=1S/C25H33N5O4/c1-2-34-25(33)28-13-10-21(11-14-28)27-24(32)20-9-6-12-29(18-20)22-15-23(31)30(26-16-22)17-19-7-4-3-5-8-19/h3-5,7-8,15-16,20-21H,2,6,9-14,17-18H2,1H3,(H,27,32)/t20-/m0/s1. The summed E-state index contributed by atoms with van der Waals surface area (Å²) in [6.45, 7) is 5.13. The topological polar surface area (TPSA) is 96.8 Å². The van der Waals surface area contributed by atoms with E-state index in [-0.39, 0.29) is 29.5 Å². The van der Waals surface area contributed by atoms with Crippen molar-refractivity contribution in [2.45, 2.75) is 45.2 Å². The van der Waals surface area contributed by atoms with Crippen LogP contribution >= 0.6 is 0 Å². The van der Waals surface area contributed by atoms with Gasteiger partial charge >= 0.3 is 6.09 Å². The maximum Gasteiger partial charge on any atom is 0.409 e. The number of hydrogen-bond acceptors (Lipinski definition) is 6. The molecule has 2 saturated heterocycles. The van der Waals surface area contributed by atoms with Crippen LogP contribution in [0.2, 0.25) is 0 Å². The molecule has 0 unspecified atom stereocenters. The summed E-state index contributed by atoms with van der Waals surface area (Å²) in [4.78, 5) is 41.2. The van der Waals surface area contributed by atoms with Crippen LogP contribution in [0.15, 0.2) is 47.4 Å². The quantitative estimate of drug-likeness (QED) is 0.700. The van der Waals surface area contributed by atoms with E-state index < -0.39 is 0 Å². The summed E-state index contributed by atoms with van der Waals surface area (Å²) in [7, 11) is 0. The second-order valence-corrected chi connectivity index (χ2v) is 8.95. The number of ether oxygens (including phenoxy) is 1. The average molecular weight is 468 g/mol. The van der Waals surface area contributed by atoms with Crippen molar-refractivity contribution >= 4 is 17.7 Å². The number of rotatable bonds is 6. The summed E-state index contributed by atoms with van der Waals surface area (Å²) < 4.78 is 6.51. The van der Waals surface area contributed by atoms with Gasteiger partial charge in [-0.05, 0) is 38.2 Å². The molecule has 0 aliphatic carbocycles. The Bertz CT molecular complexity index is 1030. The smallest absolute Gasteiger partial charge is 0.409 e. The molecule has 0 spiro atoms. The van der Waals surface area contributed by atoms with E-state index in [9.17, 15) is 14.4 Å². The highest BCUT2D eigenvalue weighted by Crippen LogP contribution is 2.23. The van der Waals surface area contributed by atoms with Gasteiger partial charge in [0.05, 0.1) is 31.0 Å². The minimum absolute atomic E-state index is 0.0460. The molecule has 3 heterocycles. The van der Waals surface area contributed by atoms with Gasteiger partial charge in [0.1, 0.15) is 0 Å². The Hall–Kier alpha value is -3.36. The van der Waals surface area contributed by atoms with Crippen LogP contribution in [0.1, 0.15) is 38.2 Å². The minimum atomic E-state index is -0.283. The highest BCUT2D eigenvalue weighted by Gasteiger charge is 2.30. The number of amides is 2. The summed E-state index contributed by atoms with van der Waals surface area (Å²) in [6.07, 6.45) is 4.59. The monoisotopic (exact) mass is 467 g/mol. The Morgan fingerprint density at radius 1 is 1.12 bits per heavy atom. The number of nitrogens with zero attached hydrogens (tertiary/aromatic N) is 4. The first-order chi connectivity index (χ1) is 16.5. The molecule has 34 heavy (non-hydrogen) atoms. The van der Waals surface area contributed by atoms with Crippen molar-refractivity contribution in [1.82, 2.24) is 20.0 Å². The molecule has 1 aromatic heterocycles. The Kier molecular flexibility index (Phi) is 7.82. The van der Waals surface area contributed by atoms with Crippen molar-refractivity contribution in [3.05, 3.63) is 58.5 Å². The molecule has 9 heteroatoms. The van der Waals surface area contributed by atoms with Crippen LogP contribution in [0.3, 0.4) is 0 Å². The third-order valence-corrected chi connectivity index (χ3v) is 6.55. The predicted octanol–water partition coefficient (Wildman–Crippen LogP) is 2.25. The molecule has 9 nitrogen and oxygen atoms in total. The van der Waals surface area contributed by atoms with Crippen molar-refractivity contribution in [2.75, 3.05) is 37.7 Å². The maximum absolute atomic E-state index is 13.0. The molecule has 1 N–H and O–H groups in total. The molecule has 2 aliphatic heterocycles. The number of piperidine rings is 2. The zero-order valence-corrected chi connectivity index (χ0v) is 19.7. The minimum Gasteiger partial charge on any atom is -0.450 e. The highest BCUT2D eigenvalue weighted by atomic mass is 16.6. The van der Waals surface area contributed by atoms with Gasteiger partial charge in [0.25, 0.3) is 5.56 Å². The number of hydrogen-bond donors (Lipinski definition) is 1. The second-order valence-electron chi connectivity index (χ2n) is 8.95. The van der Waals surface area contributed by atoms with Crippen molar-refractivity contribution in [3.63, 3.8) is 0 Å². The lowest BCUT2D eigenvalue weighted by molar-refractivity contribution is -0.126. The number of anilines is 1. The largest absolute Gasteiger partial charge is 0.450 e. The van der Waals surface area contributed by atoms with E-state index in [0.717, 1.165) is 43.5 Å². The molecule has 2 amide bonds. The van der Waals surface area contributed by atoms with Crippen LogP contribution in [0, 0.1) is 5.92 Å². The lowest BCUT2D eigenvalue weighted by atomic mass is 9.95. The van der Waals surface area contributed by atoms with Gasteiger partial charge in [-0.3, -0.25) is 9.59 Å². The molecule has 0 saturated carbocycles. The summed E-state index contributed by atoms with van der Waals surface area (Å²) in [5, 5.41) is 7.54. The van der Waals surface area contributed by atoms with Gasteiger partial charge in [0.15, 0.2) is 0 Å². The van der Waals surface area contributed by atoms with Crippen molar-refractivity contribution in [2.24, 2.45) is 5.92 Å². The highest BCUT2D eigenvalue weighted by molar-refractivity contribution is 5.80. The number of carbonyl (C=O) groups excluding carboxylic acids is 2. The lowest BCUT2D eigenvalue weighted by Crippen LogP contribution is -2.50. The fourth-order valence-corrected chi connectivity index (χ4v) is 4.64. The van der Waals surface area contributed by atoms with Gasteiger partial charge in [0, 0.05) is 38.3 Å². The van der Waals surface area contributed by atoms with Gasteiger partial charge in [-0.25, -0.2) is 9.48 Å². The normalized spacial score (nSPS) is 19.0. The number of likely N-dealkylation sites (tertiary alicyclic amines) is 1. The summed E-state index contributed by atoms with van der Waals surface area (Å²) >= 11 is 0. The first-order valence-electron chi connectivity index (χ1n) is 12.1. The third kappa shape index (κ3) is 5.95. The first kappa shape index (κ1) is 23.8.